The maximum atomic E-state index is 5.82. The molecule has 4 heteroatoms. The van der Waals surface area contributed by atoms with Crippen LogP contribution in [0.25, 0.3) is 11.3 Å². The number of ether oxygens (including phenoxy) is 1. The van der Waals surface area contributed by atoms with Crippen molar-refractivity contribution in [3.05, 3.63) is 36.2 Å². The number of aromatic nitrogens is 2. The van der Waals surface area contributed by atoms with Gasteiger partial charge in [0.15, 0.2) is 0 Å². The fraction of sp³-hybridized carbons (Fsp3) is 0.286. The summed E-state index contributed by atoms with van der Waals surface area (Å²) in [6.45, 7) is 2.10. The van der Waals surface area contributed by atoms with Crippen LogP contribution in [0.5, 0.6) is 5.75 Å². The summed E-state index contributed by atoms with van der Waals surface area (Å²) < 4.78 is 5.21. The summed E-state index contributed by atoms with van der Waals surface area (Å²) in [5.41, 5.74) is 7.64. The van der Waals surface area contributed by atoms with Crippen LogP contribution >= 0.6 is 0 Å². The zero-order chi connectivity index (χ0) is 13.0. The molecule has 2 rings (SSSR count). The van der Waals surface area contributed by atoms with Gasteiger partial charge in [-0.15, -0.1) is 0 Å². The molecule has 0 fully saturated rings. The number of anilines is 1. The summed E-state index contributed by atoms with van der Waals surface area (Å²) in [7, 11) is 1.65. The molecule has 0 saturated heterocycles. The van der Waals surface area contributed by atoms with Crippen molar-refractivity contribution in [1.29, 1.82) is 0 Å². The minimum atomic E-state index is 0.506. The Morgan fingerprint density at radius 3 is 2.78 bits per heavy atom. The van der Waals surface area contributed by atoms with Crippen LogP contribution in [0.15, 0.2) is 30.3 Å². The second-order valence-electron chi connectivity index (χ2n) is 4.08. The van der Waals surface area contributed by atoms with Crippen molar-refractivity contribution in [3.8, 4) is 17.0 Å². The molecule has 1 heterocycles. The van der Waals surface area contributed by atoms with E-state index in [0.717, 1.165) is 35.7 Å². The van der Waals surface area contributed by atoms with Crippen molar-refractivity contribution in [3.63, 3.8) is 0 Å². The quantitative estimate of drug-likeness (QED) is 0.896. The van der Waals surface area contributed by atoms with E-state index in [2.05, 4.69) is 16.9 Å². The number of nitrogen functional groups attached to an aromatic ring is 1. The molecule has 1 aromatic heterocycles. The number of benzene rings is 1. The third kappa shape index (κ3) is 2.77. The Morgan fingerprint density at radius 1 is 1.22 bits per heavy atom. The second-order valence-corrected chi connectivity index (χ2v) is 4.08. The third-order valence-corrected chi connectivity index (χ3v) is 2.63. The molecule has 0 spiro atoms. The average molecular weight is 243 g/mol. The highest BCUT2D eigenvalue weighted by Crippen LogP contribution is 2.23. The molecule has 0 bridgehead atoms. The molecule has 0 saturated carbocycles. The molecule has 0 aliphatic carbocycles. The summed E-state index contributed by atoms with van der Waals surface area (Å²) in [5.74, 6) is 2.10. The van der Waals surface area contributed by atoms with E-state index < -0.39 is 0 Å². The SMILES string of the molecule is CCCc1nc(N)cc(-c2cccc(OC)c2)n1. The molecular weight excluding hydrogens is 226 g/mol. The molecule has 0 atom stereocenters. The van der Waals surface area contributed by atoms with Crippen molar-refractivity contribution in [2.24, 2.45) is 0 Å². The van der Waals surface area contributed by atoms with Crippen LogP contribution in [0.4, 0.5) is 5.82 Å². The fourth-order valence-electron chi connectivity index (χ4n) is 1.78. The fourth-order valence-corrected chi connectivity index (χ4v) is 1.78. The molecular formula is C14H17N3O. The molecule has 0 radical (unpaired) electrons. The highest BCUT2D eigenvalue weighted by Gasteiger charge is 2.05. The van der Waals surface area contributed by atoms with E-state index in [1.165, 1.54) is 0 Å². The maximum Gasteiger partial charge on any atom is 0.131 e. The predicted octanol–water partition coefficient (Wildman–Crippen LogP) is 2.69. The third-order valence-electron chi connectivity index (χ3n) is 2.63. The van der Waals surface area contributed by atoms with Crippen molar-refractivity contribution in [2.75, 3.05) is 12.8 Å². The average Bonchev–Trinajstić information content (AvgIpc) is 2.38. The zero-order valence-corrected chi connectivity index (χ0v) is 10.7. The summed E-state index contributed by atoms with van der Waals surface area (Å²) in [5, 5.41) is 0. The normalized spacial score (nSPS) is 10.3. The molecule has 94 valence electrons. The minimum Gasteiger partial charge on any atom is -0.497 e. The Bertz CT molecular complexity index is 540. The lowest BCUT2D eigenvalue weighted by molar-refractivity contribution is 0.415. The standard InChI is InChI=1S/C14H17N3O/c1-3-5-14-16-12(9-13(15)17-14)10-6-4-7-11(8-10)18-2/h4,6-9H,3,5H2,1-2H3,(H2,15,16,17). The van der Waals surface area contributed by atoms with Crippen molar-refractivity contribution < 1.29 is 4.74 Å². The van der Waals surface area contributed by atoms with Crippen LogP contribution in [0.3, 0.4) is 0 Å². The topological polar surface area (TPSA) is 61.0 Å². The minimum absolute atomic E-state index is 0.506. The first-order valence-electron chi connectivity index (χ1n) is 6.00. The first kappa shape index (κ1) is 12.4. The number of aryl methyl sites for hydroxylation is 1. The Balaban J connectivity index is 2.42. The number of hydrogen-bond donors (Lipinski definition) is 1. The van der Waals surface area contributed by atoms with Gasteiger partial charge in [0.25, 0.3) is 0 Å². The summed E-state index contributed by atoms with van der Waals surface area (Å²) in [6.07, 6.45) is 1.84. The zero-order valence-electron chi connectivity index (χ0n) is 10.7. The van der Waals surface area contributed by atoms with E-state index in [0.29, 0.717) is 5.82 Å². The van der Waals surface area contributed by atoms with Crippen LogP contribution in [0.1, 0.15) is 19.2 Å². The Hall–Kier alpha value is -2.10. The van der Waals surface area contributed by atoms with Crippen molar-refractivity contribution in [1.82, 2.24) is 9.97 Å². The number of methoxy groups -OCH3 is 1. The van der Waals surface area contributed by atoms with Gasteiger partial charge in [0.2, 0.25) is 0 Å². The van der Waals surface area contributed by atoms with E-state index in [1.54, 1.807) is 13.2 Å². The molecule has 1 aromatic carbocycles. The van der Waals surface area contributed by atoms with Gasteiger partial charge < -0.3 is 10.5 Å². The Morgan fingerprint density at radius 2 is 2.06 bits per heavy atom. The van der Waals surface area contributed by atoms with Crippen LogP contribution in [0, 0.1) is 0 Å². The highest BCUT2D eigenvalue weighted by molar-refractivity contribution is 5.63. The molecule has 0 aliphatic rings. The predicted molar refractivity (Wildman–Crippen MR) is 72.4 cm³/mol. The first-order valence-corrected chi connectivity index (χ1v) is 6.00. The van der Waals surface area contributed by atoms with Crippen LogP contribution < -0.4 is 10.5 Å². The van der Waals surface area contributed by atoms with Crippen LogP contribution in [-0.2, 0) is 6.42 Å². The molecule has 0 aliphatic heterocycles. The van der Waals surface area contributed by atoms with Gasteiger partial charge in [-0.1, -0.05) is 19.1 Å². The number of nitrogens with zero attached hydrogens (tertiary/aromatic N) is 2. The van der Waals surface area contributed by atoms with Gasteiger partial charge in [-0.05, 0) is 18.6 Å². The first-order chi connectivity index (χ1) is 8.72. The smallest absolute Gasteiger partial charge is 0.131 e. The van der Waals surface area contributed by atoms with E-state index in [1.807, 2.05) is 24.3 Å². The Labute approximate surface area is 107 Å². The molecule has 2 N–H and O–H groups in total. The van der Waals surface area contributed by atoms with Gasteiger partial charge in [0, 0.05) is 18.1 Å². The molecule has 18 heavy (non-hydrogen) atoms. The van der Waals surface area contributed by atoms with Gasteiger partial charge >= 0.3 is 0 Å². The van der Waals surface area contributed by atoms with Crippen LogP contribution in [-0.4, -0.2) is 17.1 Å². The van der Waals surface area contributed by atoms with Crippen molar-refractivity contribution in [2.45, 2.75) is 19.8 Å². The molecule has 0 amide bonds. The Kier molecular flexibility index (Phi) is 3.77. The second kappa shape index (κ2) is 5.49. The summed E-state index contributed by atoms with van der Waals surface area (Å²) in [4.78, 5) is 8.75. The van der Waals surface area contributed by atoms with E-state index >= 15 is 0 Å². The van der Waals surface area contributed by atoms with Crippen molar-refractivity contribution >= 4 is 5.82 Å². The molecule has 2 aromatic rings. The van der Waals surface area contributed by atoms with Gasteiger partial charge in [0.05, 0.1) is 12.8 Å². The van der Waals surface area contributed by atoms with E-state index in [4.69, 9.17) is 10.5 Å². The largest absolute Gasteiger partial charge is 0.497 e. The number of nitrogens with two attached hydrogens (primary N) is 1. The van der Waals surface area contributed by atoms with E-state index in [9.17, 15) is 0 Å². The molecule has 4 nitrogen and oxygen atoms in total. The van der Waals surface area contributed by atoms with Crippen LogP contribution in [0.2, 0.25) is 0 Å². The van der Waals surface area contributed by atoms with Gasteiger partial charge in [-0.25, -0.2) is 9.97 Å². The maximum absolute atomic E-state index is 5.82. The highest BCUT2D eigenvalue weighted by atomic mass is 16.5. The van der Waals surface area contributed by atoms with Gasteiger partial charge in [-0.2, -0.15) is 0 Å². The number of hydrogen-bond acceptors (Lipinski definition) is 4. The number of rotatable bonds is 4. The van der Waals surface area contributed by atoms with Gasteiger partial charge in [0.1, 0.15) is 17.4 Å². The summed E-state index contributed by atoms with van der Waals surface area (Å²) in [6, 6.07) is 9.55. The monoisotopic (exact) mass is 243 g/mol. The van der Waals surface area contributed by atoms with Gasteiger partial charge in [-0.3, -0.25) is 0 Å². The summed E-state index contributed by atoms with van der Waals surface area (Å²) >= 11 is 0. The van der Waals surface area contributed by atoms with E-state index in [-0.39, 0.29) is 0 Å². The lowest BCUT2D eigenvalue weighted by atomic mass is 10.1. The molecule has 0 unspecified atom stereocenters. The lowest BCUT2D eigenvalue weighted by Crippen LogP contribution is -2.01. The lowest BCUT2D eigenvalue weighted by Gasteiger charge is -2.07.